The van der Waals surface area contributed by atoms with Crippen LogP contribution in [0.1, 0.15) is 19.3 Å². The molecule has 4 heteroatoms. The largest absolute Gasteiger partial charge is 0.390 e. The van der Waals surface area contributed by atoms with Crippen LogP contribution >= 0.6 is 0 Å². The minimum absolute atomic E-state index is 0.0933. The lowest BCUT2D eigenvalue weighted by molar-refractivity contribution is -1.12. The summed E-state index contributed by atoms with van der Waals surface area (Å²) in [6.45, 7) is 0.672. The standard InChI is InChI=1S/C8H15FNO2/c9-7-4-8(6-11)2-1-3-10(8,12)5-7/h7,11-12H,1-6H2/q+1. The van der Waals surface area contributed by atoms with Crippen LogP contribution < -0.4 is 0 Å². The number of alkyl halides is 1. The van der Waals surface area contributed by atoms with Gasteiger partial charge >= 0.3 is 0 Å². The molecule has 0 amide bonds. The molecule has 0 spiro atoms. The highest BCUT2D eigenvalue weighted by Crippen LogP contribution is 2.44. The van der Waals surface area contributed by atoms with E-state index < -0.39 is 11.7 Å². The lowest BCUT2D eigenvalue weighted by atomic mass is 9.95. The lowest BCUT2D eigenvalue weighted by Crippen LogP contribution is -2.56. The summed E-state index contributed by atoms with van der Waals surface area (Å²) in [6, 6.07) is 0. The number of hydrogen-bond acceptors (Lipinski definition) is 2. The molecule has 3 atom stereocenters. The van der Waals surface area contributed by atoms with E-state index in [9.17, 15) is 9.60 Å². The van der Waals surface area contributed by atoms with Gasteiger partial charge in [-0.25, -0.2) is 9.60 Å². The number of hydroxylamine groups is 3. The molecule has 2 rings (SSSR count). The summed E-state index contributed by atoms with van der Waals surface area (Å²) in [6.07, 6.45) is 1.02. The Bertz CT molecular complexity index is 201. The Kier molecular flexibility index (Phi) is 1.68. The van der Waals surface area contributed by atoms with Crippen molar-refractivity contribution >= 4 is 0 Å². The third-order valence-corrected chi connectivity index (χ3v) is 3.45. The van der Waals surface area contributed by atoms with Gasteiger partial charge in [-0.1, -0.05) is 0 Å². The Labute approximate surface area is 71.0 Å². The van der Waals surface area contributed by atoms with E-state index in [1.165, 1.54) is 0 Å². The van der Waals surface area contributed by atoms with Crippen molar-refractivity contribution in [3.8, 4) is 0 Å². The highest BCUT2D eigenvalue weighted by Gasteiger charge is 2.62. The molecule has 0 aromatic heterocycles. The second kappa shape index (κ2) is 2.40. The molecule has 2 aliphatic heterocycles. The van der Waals surface area contributed by atoms with Crippen molar-refractivity contribution in [2.75, 3.05) is 19.7 Å². The first-order valence-electron chi connectivity index (χ1n) is 4.47. The molecule has 2 fully saturated rings. The van der Waals surface area contributed by atoms with Gasteiger partial charge in [0, 0.05) is 19.3 Å². The van der Waals surface area contributed by atoms with Gasteiger partial charge in [0.2, 0.25) is 0 Å². The van der Waals surface area contributed by atoms with Crippen LogP contribution in [0.3, 0.4) is 0 Å². The minimum atomic E-state index is -0.942. The predicted molar refractivity (Wildman–Crippen MR) is 40.3 cm³/mol. The maximum atomic E-state index is 13.0. The van der Waals surface area contributed by atoms with Gasteiger partial charge in [0.25, 0.3) is 0 Å². The average Bonchev–Trinajstić information content (AvgIpc) is 2.38. The number of quaternary nitrogens is 1. The van der Waals surface area contributed by atoms with Gasteiger partial charge in [-0.2, -0.15) is 4.65 Å². The zero-order valence-corrected chi connectivity index (χ0v) is 7.04. The molecule has 2 N–H and O–H groups in total. The van der Waals surface area contributed by atoms with E-state index in [1.807, 2.05) is 0 Å². The molecule has 3 unspecified atom stereocenters. The van der Waals surface area contributed by atoms with Crippen LogP contribution in [0.25, 0.3) is 0 Å². The van der Waals surface area contributed by atoms with Crippen LogP contribution in [-0.4, -0.2) is 46.4 Å². The fourth-order valence-electron chi connectivity index (χ4n) is 2.75. The molecule has 0 radical (unpaired) electrons. The number of aliphatic hydroxyl groups is 1. The molecule has 70 valence electrons. The van der Waals surface area contributed by atoms with E-state index >= 15 is 0 Å². The zero-order valence-electron chi connectivity index (χ0n) is 7.04. The molecule has 0 saturated carbocycles. The fraction of sp³-hybridized carbons (Fsp3) is 1.00. The molecule has 2 heterocycles. The van der Waals surface area contributed by atoms with E-state index in [0.29, 0.717) is 13.0 Å². The first-order valence-corrected chi connectivity index (χ1v) is 4.47. The van der Waals surface area contributed by atoms with Gasteiger partial charge in [0.1, 0.15) is 19.7 Å². The topological polar surface area (TPSA) is 40.5 Å². The molecule has 12 heavy (non-hydrogen) atoms. The van der Waals surface area contributed by atoms with Gasteiger partial charge in [-0.15, -0.1) is 0 Å². The summed E-state index contributed by atoms with van der Waals surface area (Å²) in [7, 11) is 0. The molecular formula is C8H15FNO2+. The molecule has 0 aliphatic carbocycles. The Morgan fingerprint density at radius 2 is 2.33 bits per heavy atom. The maximum Gasteiger partial charge on any atom is 0.158 e. The molecule has 0 aromatic carbocycles. The zero-order chi connectivity index (χ0) is 8.82. The number of hydrogen-bond donors (Lipinski definition) is 2. The Morgan fingerprint density at radius 1 is 1.58 bits per heavy atom. The number of nitrogens with zero attached hydrogens (tertiary/aromatic N) is 1. The maximum absolute atomic E-state index is 13.0. The average molecular weight is 176 g/mol. The number of aliphatic hydroxyl groups excluding tert-OH is 1. The summed E-state index contributed by atoms with van der Waals surface area (Å²) in [5.41, 5.74) is -0.570. The summed E-state index contributed by atoms with van der Waals surface area (Å²) in [5, 5.41) is 19.2. The summed E-state index contributed by atoms with van der Waals surface area (Å²) in [4.78, 5) is 0. The Balaban J connectivity index is 2.28. The Hall–Kier alpha value is -0.190. The van der Waals surface area contributed by atoms with Gasteiger partial charge in [-0.3, -0.25) is 0 Å². The van der Waals surface area contributed by atoms with E-state index in [2.05, 4.69) is 0 Å². The second-order valence-electron chi connectivity index (χ2n) is 4.12. The van der Waals surface area contributed by atoms with Gasteiger partial charge < -0.3 is 5.11 Å². The minimum Gasteiger partial charge on any atom is -0.390 e. The van der Waals surface area contributed by atoms with Crippen molar-refractivity contribution in [3.05, 3.63) is 0 Å². The van der Waals surface area contributed by atoms with Crippen molar-refractivity contribution in [1.82, 2.24) is 0 Å². The SMILES string of the molecule is OCC12CCC[N+]1(O)CC(F)C2. The molecule has 2 aliphatic rings. The van der Waals surface area contributed by atoms with Gasteiger partial charge in [0.15, 0.2) is 11.7 Å². The highest BCUT2D eigenvalue weighted by molar-refractivity contribution is 4.92. The molecule has 0 bridgehead atoms. The molecule has 0 aromatic rings. The number of fused-ring (bicyclic) bond motifs is 1. The monoisotopic (exact) mass is 176 g/mol. The van der Waals surface area contributed by atoms with Crippen LogP contribution in [-0.2, 0) is 0 Å². The van der Waals surface area contributed by atoms with Gasteiger partial charge in [0.05, 0.1) is 0 Å². The van der Waals surface area contributed by atoms with E-state index in [4.69, 9.17) is 5.11 Å². The van der Waals surface area contributed by atoms with Crippen molar-refractivity contribution in [3.63, 3.8) is 0 Å². The number of rotatable bonds is 1. The molecule has 2 saturated heterocycles. The normalized spacial score (nSPS) is 52.8. The second-order valence-corrected chi connectivity index (χ2v) is 4.12. The fourth-order valence-corrected chi connectivity index (χ4v) is 2.75. The smallest absolute Gasteiger partial charge is 0.158 e. The van der Waals surface area contributed by atoms with Crippen LogP contribution in [0.5, 0.6) is 0 Å². The van der Waals surface area contributed by atoms with Crippen molar-refractivity contribution in [1.29, 1.82) is 0 Å². The van der Waals surface area contributed by atoms with Crippen molar-refractivity contribution < 1.29 is 19.4 Å². The van der Waals surface area contributed by atoms with Crippen molar-refractivity contribution in [2.45, 2.75) is 31.0 Å². The van der Waals surface area contributed by atoms with Gasteiger partial charge in [-0.05, 0) is 0 Å². The van der Waals surface area contributed by atoms with Crippen LogP contribution in [0.4, 0.5) is 4.39 Å². The molecule has 3 nitrogen and oxygen atoms in total. The van der Waals surface area contributed by atoms with E-state index in [-0.39, 0.29) is 17.8 Å². The van der Waals surface area contributed by atoms with Crippen LogP contribution in [0, 0.1) is 0 Å². The summed E-state index contributed by atoms with van der Waals surface area (Å²) < 4.78 is 12.8. The van der Waals surface area contributed by atoms with Crippen LogP contribution in [0.2, 0.25) is 0 Å². The van der Waals surface area contributed by atoms with E-state index in [1.54, 1.807) is 0 Å². The lowest BCUT2D eigenvalue weighted by Gasteiger charge is -2.34. The third-order valence-electron chi connectivity index (χ3n) is 3.45. The number of halogens is 1. The predicted octanol–water partition coefficient (Wildman–Crippen LogP) is 0.459. The summed E-state index contributed by atoms with van der Waals surface area (Å²) in [5.74, 6) is 0. The highest BCUT2D eigenvalue weighted by atomic mass is 19.1. The Morgan fingerprint density at radius 3 is 2.92 bits per heavy atom. The van der Waals surface area contributed by atoms with Crippen LogP contribution in [0.15, 0.2) is 0 Å². The van der Waals surface area contributed by atoms with Crippen molar-refractivity contribution in [2.24, 2.45) is 0 Å². The first-order chi connectivity index (χ1) is 5.62. The first kappa shape index (κ1) is 8.41. The summed E-state index contributed by atoms with van der Waals surface area (Å²) >= 11 is 0. The van der Waals surface area contributed by atoms with E-state index in [0.717, 1.165) is 12.8 Å². The molecular weight excluding hydrogens is 161 g/mol. The quantitative estimate of drug-likeness (QED) is 0.570. The third kappa shape index (κ3) is 0.857.